The van der Waals surface area contributed by atoms with Crippen molar-refractivity contribution in [2.75, 3.05) is 20.3 Å². The van der Waals surface area contributed by atoms with Gasteiger partial charge in [0.05, 0.1) is 0 Å². The van der Waals surface area contributed by atoms with Gasteiger partial charge in [-0.1, -0.05) is 0 Å². The van der Waals surface area contributed by atoms with E-state index in [1.54, 1.807) is 0 Å². The average Bonchev–Trinajstić information content (AvgIpc) is 2.70. The van der Waals surface area contributed by atoms with Crippen LogP contribution in [0.4, 0.5) is 0 Å². The molecule has 10 heteroatoms. The Labute approximate surface area is 180 Å². The minimum absolute atomic E-state index is 0.276. The Hall–Kier alpha value is -1.06. The molecule has 0 spiro atoms. The fourth-order valence-electron chi connectivity index (χ4n) is 1.94. The van der Waals surface area contributed by atoms with Crippen LogP contribution in [0.5, 0.6) is 0 Å². The van der Waals surface area contributed by atoms with Gasteiger partial charge in [0.25, 0.3) is 0 Å². The molecule has 0 saturated heterocycles. The number of hydrogen-bond acceptors (Lipinski definition) is 3. The number of ether oxygens (including phenoxy) is 1. The molecule has 0 fully saturated rings. The van der Waals surface area contributed by atoms with Crippen molar-refractivity contribution in [1.29, 1.82) is 0 Å². The Morgan fingerprint density at radius 3 is 1.57 bits per heavy atom. The van der Waals surface area contributed by atoms with Crippen LogP contribution in [-0.2, 0) is 51.8 Å². The number of hydrogen-bond donors (Lipinski definition) is 0. The summed E-state index contributed by atoms with van der Waals surface area (Å²) in [6, 6.07) is 0. The topological polar surface area (TPSA) is 121 Å². The Bertz CT molecular complexity index is 454. The maximum atomic E-state index is 7.50. The van der Waals surface area contributed by atoms with Crippen LogP contribution in [0.1, 0.15) is 20.8 Å². The quantitative estimate of drug-likeness (QED) is 0.190. The molecule has 0 amide bonds. The van der Waals surface area contributed by atoms with E-state index < -0.39 is 8.32 Å². The summed E-state index contributed by atoms with van der Waals surface area (Å²) in [5, 5.41) is 0. The standard InChI is InChI=1S/C13H27NO2Si.5CO.W/c1-9-15-11-10-12(14(4)5)13(2,3)16-17(6,7)8;5*1-2;/h4,10H,9,11H2,1-3,5-8H3;;;;;;/b12-10-;;;;;;. The van der Waals surface area contributed by atoms with Crippen LogP contribution in [0.3, 0.4) is 0 Å². The maximum absolute atomic E-state index is 7.50. The van der Waals surface area contributed by atoms with Gasteiger partial charge in [-0.2, -0.15) is 0 Å². The first-order valence-corrected chi connectivity index (χ1v) is 12.4. The fraction of sp³-hybridized carbons (Fsp3) is 0.556. The molecule has 0 aromatic carbocycles. The summed E-state index contributed by atoms with van der Waals surface area (Å²) in [7, 11) is 0.493. The van der Waals surface area contributed by atoms with Crippen LogP contribution in [0, 0.1) is 33.3 Å². The number of nitrogens with zero attached hydrogens (tertiary/aromatic N) is 1. The Kier molecular flexibility index (Phi) is 45.3. The summed E-state index contributed by atoms with van der Waals surface area (Å²) < 4.78 is 51.4. The molecule has 0 heterocycles. The van der Waals surface area contributed by atoms with Crippen molar-refractivity contribution in [3.8, 4) is 0 Å². The minimum atomic E-state index is -1.58. The van der Waals surface area contributed by atoms with Gasteiger partial charge in [0.15, 0.2) is 0 Å². The van der Waals surface area contributed by atoms with E-state index in [4.69, 9.17) is 32.4 Å². The van der Waals surface area contributed by atoms with Crippen LogP contribution >= 0.6 is 0 Å². The molecule has 0 radical (unpaired) electrons. The monoisotopic (exact) mass is 581 g/mol. The second-order valence-electron chi connectivity index (χ2n) is 5.69. The molecule has 0 aromatic heterocycles. The van der Waals surface area contributed by atoms with Gasteiger partial charge in [0.1, 0.15) is 0 Å². The molecule has 0 bridgehead atoms. The van der Waals surface area contributed by atoms with E-state index in [0.717, 1.165) is 6.61 Å². The number of likely N-dealkylation sites (N-methyl/N-ethyl adjacent to an activating group) is 1. The Morgan fingerprint density at radius 2 is 1.32 bits per heavy atom. The van der Waals surface area contributed by atoms with Gasteiger partial charge in [-0.05, 0) is 0 Å². The second kappa shape index (κ2) is 30.7. The van der Waals surface area contributed by atoms with Crippen molar-refractivity contribution in [3.63, 3.8) is 0 Å². The molecule has 0 atom stereocenters. The van der Waals surface area contributed by atoms with Crippen molar-refractivity contribution in [3.05, 3.63) is 45.0 Å². The fourth-order valence-corrected chi connectivity index (χ4v) is 3.99. The normalized spacial score (nSPS) is 9.11. The molecule has 0 aliphatic rings. The summed E-state index contributed by atoms with van der Waals surface area (Å²) in [6.07, 6.45) is 2.13. The third-order valence-electron chi connectivity index (χ3n) is 2.31. The molecule has 0 saturated carbocycles. The van der Waals surface area contributed by atoms with Gasteiger partial charge < -0.3 is 0 Å². The summed E-state index contributed by atoms with van der Waals surface area (Å²) in [6.45, 7) is 36.8. The molecule has 0 rings (SSSR count). The third kappa shape index (κ3) is 29.7. The Morgan fingerprint density at radius 1 is 0.964 bits per heavy atom. The summed E-state index contributed by atoms with van der Waals surface area (Å²) in [5.74, 6) is 0. The first-order valence-electron chi connectivity index (χ1n) is 7.32. The van der Waals surface area contributed by atoms with Crippen molar-refractivity contribution in [2.24, 2.45) is 0 Å². The van der Waals surface area contributed by atoms with E-state index >= 15 is 0 Å². The van der Waals surface area contributed by atoms with E-state index in [-0.39, 0.29) is 5.60 Å². The molecule has 0 unspecified atom stereocenters. The van der Waals surface area contributed by atoms with E-state index in [9.17, 15) is 0 Å². The first kappa shape index (κ1) is 41.3. The molecule has 8 nitrogen and oxygen atoms in total. The third-order valence-corrected chi connectivity index (χ3v) is 4.57. The van der Waals surface area contributed by atoms with Crippen molar-refractivity contribution in [1.82, 2.24) is 4.90 Å². The second-order valence-corrected chi connectivity index (χ2v) is 10.9. The van der Waals surface area contributed by atoms with Crippen molar-refractivity contribution < 1.29 is 51.8 Å². The van der Waals surface area contributed by atoms with Crippen LogP contribution < -0.4 is 0 Å². The van der Waals surface area contributed by atoms with Gasteiger partial charge in [-0.25, -0.2) is 0 Å². The molecular formula is C18H27NO7SiW. The number of rotatable bonds is 8. The van der Waals surface area contributed by atoms with Crippen LogP contribution in [-0.4, -0.2) is 43.6 Å². The van der Waals surface area contributed by atoms with Gasteiger partial charge in [-0.15, -0.1) is 0 Å². The molecule has 0 aliphatic heterocycles. The van der Waals surface area contributed by atoms with E-state index in [1.807, 2.05) is 6.92 Å². The molecule has 0 aliphatic carbocycles. The molecule has 28 heavy (non-hydrogen) atoms. The SMILES string of the molecule is CCOC/C=C(\N(C)[CH]=[W])C(C)(C)O[Si](C)(C)C.[C-]#[O+].[C-]#[O+].[C-]#[O+].[C-]#[O+].[C-]#[O+]. The molecule has 0 N–H and O–H groups in total. The summed E-state index contributed by atoms with van der Waals surface area (Å²) in [4.78, 5) is 2.15. The van der Waals surface area contributed by atoms with Crippen LogP contribution in [0.15, 0.2) is 11.8 Å². The van der Waals surface area contributed by atoms with E-state index in [2.05, 4.69) is 89.3 Å². The van der Waals surface area contributed by atoms with Gasteiger partial charge in [-0.3, -0.25) is 0 Å². The predicted molar refractivity (Wildman–Crippen MR) is 96.6 cm³/mol. The zero-order valence-corrected chi connectivity index (χ0v) is 21.2. The van der Waals surface area contributed by atoms with Crippen LogP contribution in [0.25, 0.3) is 0 Å². The van der Waals surface area contributed by atoms with Gasteiger partial charge in [0.2, 0.25) is 0 Å². The van der Waals surface area contributed by atoms with Gasteiger partial charge >= 0.3 is 181 Å². The van der Waals surface area contributed by atoms with Crippen molar-refractivity contribution in [2.45, 2.75) is 46.0 Å². The van der Waals surface area contributed by atoms with E-state index in [0.29, 0.717) is 6.61 Å². The predicted octanol–water partition coefficient (Wildman–Crippen LogP) is 2.59. The van der Waals surface area contributed by atoms with Crippen LogP contribution in [0.2, 0.25) is 19.6 Å². The van der Waals surface area contributed by atoms with E-state index in [1.165, 1.54) is 25.1 Å². The summed E-state index contributed by atoms with van der Waals surface area (Å²) >= 11 is 1.43. The molecule has 0 aromatic rings. The molecular weight excluding hydrogens is 554 g/mol. The first-order chi connectivity index (χ1) is 13.1. The summed E-state index contributed by atoms with van der Waals surface area (Å²) in [5.41, 5.74) is 0.899. The average molecular weight is 581 g/mol. The van der Waals surface area contributed by atoms with Gasteiger partial charge in [0, 0.05) is 0 Å². The van der Waals surface area contributed by atoms with Crippen molar-refractivity contribution >= 4 is 12.8 Å². The Balaban J connectivity index is -0.000000104. The zero-order valence-electron chi connectivity index (χ0n) is 17.3. The molecule has 156 valence electrons. The zero-order chi connectivity index (χ0) is 24.4.